The van der Waals surface area contributed by atoms with Crippen LogP contribution in [0, 0.1) is 11.8 Å². The van der Waals surface area contributed by atoms with Crippen molar-refractivity contribution >= 4 is 17.6 Å². The molecule has 2 aromatic rings. The lowest BCUT2D eigenvalue weighted by molar-refractivity contribution is -0.137. The number of nitrogens with zero attached hydrogens (tertiary/aromatic N) is 1. The molecule has 0 bridgehead atoms. The molecule has 1 aliphatic heterocycles. The highest BCUT2D eigenvalue weighted by molar-refractivity contribution is 6.00. The van der Waals surface area contributed by atoms with Crippen LogP contribution < -0.4 is 19.7 Å². The van der Waals surface area contributed by atoms with Crippen molar-refractivity contribution in [1.29, 1.82) is 0 Å². The van der Waals surface area contributed by atoms with Gasteiger partial charge in [-0.2, -0.15) is 0 Å². The minimum absolute atomic E-state index is 0.0332. The second-order valence-corrected chi connectivity index (χ2v) is 10.7. The summed E-state index contributed by atoms with van der Waals surface area (Å²) in [7, 11) is 1.65. The zero-order chi connectivity index (χ0) is 27.1. The third-order valence-electron chi connectivity index (χ3n) is 8.08. The molecule has 1 saturated carbocycles. The van der Waals surface area contributed by atoms with Gasteiger partial charge in [0.25, 0.3) is 5.91 Å². The van der Waals surface area contributed by atoms with E-state index in [1.54, 1.807) is 7.11 Å². The van der Waals surface area contributed by atoms with Crippen molar-refractivity contribution in [3.63, 3.8) is 0 Å². The zero-order valence-electron chi connectivity index (χ0n) is 22.9. The first-order valence-electron chi connectivity index (χ1n) is 14.1. The maximum Gasteiger partial charge on any atom is 0.303 e. The van der Waals surface area contributed by atoms with Crippen LogP contribution in [0.25, 0.3) is 0 Å². The number of carbonyl (C=O) groups is 2. The summed E-state index contributed by atoms with van der Waals surface area (Å²) in [4.78, 5) is 26.8. The van der Waals surface area contributed by atoms with Gasteiger partial charge < -0.3 is 24.8 Å². The molecule has 206 valence electrons. The summed E-state index contributed by atoms with van der Waals surface area (Å²) >= 11 is 0. The number of ether oxygens (including phenoxy) is 2. The van der Waals surface area contributed by atoms with Crippen molar-refractivity contribution in [3.8, 4) is 11.5 Å². The standard InChI is InChI=1S/C31H42N2O5/c1-4-24(5-2)32-31(36)27-12-11-25(37-3)18-29(27)33-15-13-21(14-16-33)20-38-26-8-6-7-23(17-26)28(19-30(34)35)22-9-10-22/h6-8,11-12,17-18,21-22,24,28H,4-5,9-10,13-16,19-20H2,1-3H3,(H,32,36)(H,34,35). The molecule has 1 amide bonds. The van der Waals surface area contributed by atoms with Gasteiger partial charge in [-0.05, 0) is 86.1 Å². The van der Waals surface area contributed by atoms with E-state index in [1.807, 2.05) is 42.5 Å². The molecule has 0 radical (unpaired) electrons. The normalized spacial score (nSPS) is 16.8. The van der Waals surface area contributed by atoms with Gasteiger partial charge >= 0.3 is 5.97 Å². The lowest BCUT2D eigenvalue weighted by Crippen LogP contribution is -2.38. The lowest BCUT2D eigenvalue weighted by Gasteiger charge is -2.34. The van der Waals surface area contributed by atoms with Crippen LogP contribution in [0.5, 0.6) is 11.5 Å². The van der Waals surface area contributed by atoms with Gasteiger partial charge in [-0.1, -0.05) is 26.0 Å². The average Bonchev–Trinajstić information content (AvgIpc) is 3.79. The Morgan fingerprint density at radius 3 is 2.39 bits per heavy atom. The number of hydrogen-bond donors (Lipinski definition) is 2. The van der Waals surface area contributed by atoms with Crippen molar-refractivity contribution in [2.45, 2.75) is 70.8 Å². The fourth-order valence-corrected chi connectivity index (χ4v) is 5.48. The molecule has 2 aliphatic rings. The summed E-state index contributed by atoms with van der Waals surface area (Å²) in [6.45, 7) is 6.50. The molecule has 7 heteroatoms. The molecular weight excluding hydrogens is 480 g/mol. The van der Waals surface area contributed by atoms with E-state index in [2.05, 4.69) is 24.1 Å². The molecule has 1 aliphatic carbocycles. The van der Waals surface area contributed by atoms with Crippen LogP contribution in [0.2, 0.25) is 0 Å². The minimum atomic E-state index is -0.743. The van der Waals surface area contributed by atoms with Gasteiger partial charge in [0.05, 0.1) is 31.4 Å². The number of anilines is 1. The van der Waals surface area contributed by atoms with Gasteiger partial charge in [0.15, 0.2) is 0 Å². The van der Waals surface area contributed by atoms with Gasteiger partial charge in [-0.25, -0.2) is 0 Å². The first-order chi connectivity index (χ1) is 18.4. The third kappa shape index (κ3) is 7.21. The average molecular weight is 523 g/mol. The van der Waals surface area contributed by atoms with Crippen LogP contribution in [0.3, 0.4) is 0 Å². The predicted molar refractivity (Wildman–Crippen MR) is 149 cm³/mol. The molecule has 1 atom stereocenters. The largest absolute Gasteiger partial charge is 0.497 e. The van der Waals surface area contributed by atoms with Crippen molar-refractivity contribution in [1.82, 2.24) is 5.32 Å². The summed E-state index contributed by atoms with van der Waals surface area (Å²) in [6, 6.07) is 13.9. The van der Waals surface area contributed by atoms with Crippen molar-refractivity contribution in [3.05, 3.63) is 53.6 Å². The molecule has 0 aromatic heterocycles. The molecule has 1 saturated heterocycles. The summed E-state index contributed by atoms with van der Waals surface area (Å²) in [6.07, 6.45) is 6.13. The van der Waals surface area contributed by atoms with Crippen molar-refractivity contribution in [2.75, 3.05) is 31.7 Å². The van der Waals surface area contributed by atoms with Crippen LogP contribution in [0.4, 0.5) is 5.69 Å². The number of hydrogen-bond acceptors (Lipinski definition) is 5. The Labute approximate surface area is 226 Å². The van der Waals surface area contributed by atoms with E-state index in [0.717, 1.165) is 74.4 Å². The van der Waals surface area contributed by atoms with E-state index < -0.39 is 5.97 Å². The highest BCUT2D eigenvalue weighted by Crippen LogP contribution is 2.45. The maximum atomic E-state index is 13.1. The van der Waals surface area contributed by atoms with Gasteiger partial charge in [0.2, 0.25) is 0 Å². The highest BCUT2D eigenvalue weighted by atomic mass is 16.5. The van der Waals surface area contributed by atoms with Gasteiger partial charge in [-0.15, -0.1) is 0 Å². The predicted octanol–water partition coefficient (Wildman–Crippen LogP) is 5.88. The zero-order valence-corrected chi connectivity index (χ0v) is 22.9. The van der Waals surface area contributed by atoms with Gasteiger partial charge in [0.1, 0.15) is 11.5 Å². The molecule has 1 unspecified atom stereocenters. The van der Waals surface area contributed by atoms with Crippen LogP contribution >= 0.6 is 0 Å². The Kier molecular flexibility index (Phi) is 9.53. The Balaban J connectivity index is 1.36. The maximum absolute atomic E-state index is 13.1. The van der Waals surface area contributed by atoms with E-state index in [9.17, 15) is 14.7 Å². The monoisotopic (exact) mass is 522 g/mol. The molecule has 2 N–H and O–H groups in total. The minimum Gasteiger partial charge on any atom is -0.497 e. The Morgan fingerprint density at radius 2 is 1.76 bits per heavy atom. The van der Waals surface area contributed by atoms with Gasteiger partial charge in [0, 0.05) is 25.2 Å². The van der Waals surface area contributed by atoms with Crippen LogP contribution in [-0.4, -0.2) is 49.8 Å². The smallest absolute Gasteiger partial charge is 0.303 e. The van der Waals surface area contributed by atoms with E-state index in [0.29, 0.717) is 24.0 Å². The fraction of sp³-hybridized carbons (Fsp3) is 0.548. The van der Waals surface area contributed by atoms with E-state index in [-0.39, 0.29) is 24.3 Å². The summed E-state index contributed by atoms with van der Waals surface area (Å²) in [5, 5.41) is 12.5. The first kappa shape index (κ1) is 27.8. The second kappa shape index (κ2) is 13.0. The Morgan fingerprint density at radius 1 is 1.03 bits per heavy atom. The van der Waals surface area contributed by atoms with E-state index in [1.165, 1.54) is 0 Å². The quantitative estimate of drug-likeness (QED) is 0.342. The number of aliphatic carboxylic acids is 1. The summed E-state index contributed by atoms with van der Waals surface area (Å²) in [5.74, 6) is 1.75. The third-order valence-corrected chi connectivity index (χ3v) is 8.08. The number of methoxy groups -OCH3 is 1. The number of carbonyl (C=O) groups excluding carboxylic acids is 1. The Hall–Kier alpha value is -3.22. The topological polar surface area (TPSA) is 88.1 Å². The van der Waals surface area contributed by atoms with Crippen molar-refractivity contribution in [2.24, 2.45) is 11.8 Å². The van der Waals surface area contributed by atoms with E-state index >= 15 is 0 Å². The SMILES string of the molecule is CCC(CC)NC(=O)c1ccc(OC)cc1N1CCC(COc2cccc(C(CC(=O)O)C3CC3)c2)CC1. The van der Waals surface area contributed by atoms with Crippen LogP contribution in [-0.2, 0) is 4.79 Å². The summed E-state index contributed by atoms with van der Waals surface area (Å²) in [5.41, 5.74) is 2.68. The molecular formula is C31H42N2O5. The number of carboxylic acids is 1. The number of carboxylic acid groups (broad SMARTS) is 1. The summed E-state index contributed by atoms with van der Waals surface area (Å²) < 4.78 is 11.7. The number of amides is 1. The highest BCUT2D eigenvalue weighted by Gasteiger charge is 2.34. The van der Waals surface area contributed by atoms with Crippen LogP contribution in [0.15, 0.2) is 42.5 Å². The second-order valence-electron chi connectivity index (χ2n) is 10.7. The molecule has 2 aromatic carbocycles. The molecule has 38 heavy (non-hydrogen) atoms. The molecule has 2 fully saturated rings. The number of nitrogens with one attached hydrogen (secondary N) is 1. The van der Waals surface area contributed by atoms with E-state index in [4.69, 9.17) is 9.47 Å². The molecule has 0 spiro atoms. The fourth-order valence-electron chi connectivity index (χ4n) is 5.48. The van der Waals surface area contributed by atoms with Gasteiger partial charge in [-0.3, -0.25) is 9.59 Å². The van der Waals surface area contributed by atoms with Crippen LogP contribution in [0.1, 0.15) is 80.6 Å². The molecule has 1 heterocycles. The van der Waals surface area contributed by atoms with Crippen molar-refractivity contribution < 1.29 is 24.2 Å². The molecule has 4 rings (SSSR count). The molecule has 7 nitrogen and oxygen atoms in total. The number of piperidine rings is 1. The number of benzene rings is 2. The Bertz CT molecular complexity index is 1090. The number of rotatable bonds is 13. The lowest BCUT2D eigenvalue weighted by atomic mass is 9.91. The first-order valence-corrected chi connectivity index (χ1v) is 14.1.